The molecule has 3 nitrogen and oxygen atoms in total. The van der Waals surface area contributed by atoms with E-state index in [1.165, 1.54) is 25.7 Å². The third-order valence-electron chi connectivity index (χ3n) is 2.98. The van der Waals surface area contributed by atoms with Gasteiger partial charge in [0.05, 0.1) is 0 Å². The van der Waals surface area contributed by atoms with Crippen molar-refractivity contribution in [2.45, 2.75) is 43.2 Å². The number of aromatic nitrogens is 2. The Morgan fingerprint density at radius 2 is 2.20 bits per heavy atom. The number of thioether (sulfide) groups is 1. The van der Waals surface area contributed by atoms with Gasteiger partial charge in [-0.15, -0.1) is 11.8 Å². The predicted molar refractivity (Wildman–Crippen MR) is 62.9 cm³/mol. The molecule has 1 aromatic rings. The van der Waals surface area contributed by atoms with Crippen molar-refractivity contribution < 1.29 is 0 Å². The standard InChI is InChI=1S/C11H17N3S/c1-15-11-9(6-12)7-13-10(14-11)8-4-2-3-5-8/h7-8H,2-6,12H2,1H3. The van der Waals surface area contributed by atoms with Crippen LogP contribution < -0.4 is 5.73 Å². The highest BCUT2D eigenvalue weighted by Gasteiger charge is 2.20. The number of hydrogen-bond acceptors (Lipinski definition) is 4. The van der Waals surface area contributed by atoms with Gasteiger partial charge in [0.1, 0.15) is 10.9 Å². The Labute approximate surface area is 94.9 Å². The highest BCUT2D eigenvalue weighted by atomic mass is 32.2. The highest BCUT2D eigenvalue weighted by Crippen LogP contribution is 2.32. The van der Waals surface area contributed by atoms with Gasteiger partial charge in [-0.1, -0.05) is 12.8 Å². The first-order valence-electron chi connectivity index (χ1n) is 5.45. The number of rotatable bonds is 3. The van der Waals surface area contributed by atoms with Crippen LogP contribution in [0.5, 0.6) is 0 Å². The molecule has 0 spiro atoms. The van der Waals surface area contributed by atoms with Crippen LogP contribution in [0, 0.1) is 0 Å². The minimum Gasteiger partial charge on any atom is -0.326 e. The fraction of sp³-hybridized carbons (Fsp3) is 0.636. The summed E-state index contributed by atoms with van der Waals surface area (Å²) < 4.78 is 0. The SMILES string of the molecule is CSc1nc(C2CCCC2)ncc1CN. The van der Waals surface area contributed by atoms with Crippen LogP contribution >= 0.6 is 11.8 Å². The molecule has 0 aromatic carbocycles. The molecular weight excluding hydrogens is 206 g/mol. The second-order valence-corrected chi connectivity index (χ2v) is 4.74. The second-order valence-electron chi connectivity index (χ2n) is 3.95. The van der Waals surface area contributed by atoms with Gasteiger partial charge in [0.25, 0.3) is 0 Å². The molecule has 1 heterocycles. The lowest BCUT2D eigenvalue weighted by Crippen LogP contribution is -2.06. The van der Waals surface area contributed by atoms with Crippen LogP contribution in [0.2, 0.25) is 0 Å². The monoisotopic (exact) mass is 223 g/mol. The van der Waals surface area contributed by atoms with Crippen molar-refractivity contribution in [3.05, 3.63) is 17.6 Å². The summed E-state index contributed by atoms with van der Waals surface area (Å²) in [6, 6.07) is 0. The second kappa shape index (κ2) is 4.94. The van der Waals surface area contributed by atoms with E-state index in [9.17, 15) is 0 Å². The molecule has 1 fully saturated rings. The first kappa shape index (κ1) is 10.9. The molecule has 0 bridgehead atoms. The molecule has 1 aliphatic carbocycles. The molecule has 0 atom stereocenters. The van der Waals surface area contributed by atoms with Crippen molar-refractivity contribution in [3.8, 4) is 0 Å². The van der Waals surface area contributed by atoms with Crippen LogP contribution in [-0.2, 0) is 6.54 Å². The van der Waals surface area contributed by atoms with E-state index >= 15 is 0 Å². The Balaban J connectivity index is 2.25. The summed E-state index contributed by atoms with van der Waals surface area (Å²) in [5.74, 6) is 1.61. The Morgan fingerprint density at radius 1 is 1.47 bits per heavy atom. The molecule has 15 heavy (non-hydrogen) atoms. The van der Waals surface area contributed by atoms with E-state index in [-0.39, 0.29) is 0 Å². The van der Waals surface area contributed by atoms with Gasteiger partial charge >= 0.3 is 0 Å². The summed E-state index contributed by atoms with van der Waals surface area (Å²) in [5, 5.41) is 1.05. The van der Waals surface area contributed by atoms with Gasteiger partial charge in [-0.25, -0.2) is 9.97 Å². The molecule has 0 radical (unpaired) electrons. The molecule has 1 saturated carbocycles. The van der Waals surface area contributed by atoms with Crippen LogP contribution in [0.25, 0.3) is 0 Å². The van der Waals surface area contributed by atoms with Gasteiger partial charge in [-0.2, -0.15) is 0 Å². The quantitative estimate of drug-likeness (QED) is 0.631. The molecule has 1 aliphatic rings. The number of nitrogens with two attached hydrogens (primary N) is 1. The topological polar surface area (TPSA) is 51.8 Å². The van der Waals surface area contributed by atoms with Gasteiger partial charge in [0.2, 0.25) is 0 Å². The average molecular weight is 223 g/mol. The summed E-state index contributed by atoms with van der Waals surface area (Å²) in [4.78, 5) is 9.05. The number of nitrogens with zero attached hydrogens (tertiary/aromatic N) is 2. The van der Waals surface area contributed by atoms with Gasteiger partial charge < -0.3 is 5.73 Å². The van der Waals surface area contributed by atoms with Gasteiger partial charge in [0.15, 0.2) is 0 Å². The Morgan fingerprint density at radius 3 is 2.80 bits per heavy atom. The maximum atomic E-state index is 5.64. The van der Waals surface area contributed by atoms with Crippen molar-refractivity contribution in [1.29, 1.82) is 0 Å². The van der Waals surface area contributed by atoms with E-state index in [0.29, 0.717) is 12.5 Å². The van der Waals surface area contributed by atoms with Crippen LogP contribution in [-0.4, -0.2) is 16.2 Å². The Hall–Kier alpha value is -0.610. The lowest BCUT2D eigenvalue weighted by molar-refractivity contribution is 0.651. The van der Waals surface area contributed by atoms with Gasteiger partial charge in [-0.05, 0) is 19.1 Å². The fourth-order valence-corrected chi connectivity index (χ4v) is 2.68. The smallest absolute Gasteiger partial charge is 0.132 e. The van der Waals surface area contributed by atoms with Crippen LogP contribution in [0.1, 0.15) is 43.0 Å². The minimum atomic E-state index is 0.529. The highest BCUT2D eigenvalue weighted by molar-refractivity contribution is 7.98. The lowest BCUT2D eigenvalue weighted by atomic mass is 10.1. The molecule has 0 aliphatic heterocycles. The largest absolute Gasteiger partial charge is 0.326 e. The Bertz CT molecular complexity index is 335. The zero-order valence-electron chi connectivity index (χ0n) is 9.07. The van der Waals surface area contributed by atoms with Crippen molar-refractivity contribution in [2.24, 2.45) is 5.73 Å². The molecule has 2 rings (SSSR count). The van der Waals surface area contributed by atoms with E-state index in [1.54, 1.807) is 11.8 Å². The summed E-state index contributed by atoms with van der Waals surface area (Å²) in [5.41, 5.74) is 6.70. The summed E-state index contributed by atoms with van der Waals surface area (Å²) >= 11 is 1.66. The zero-order valence-corrected chi connectivity index (χ0v) is 9.89. The number of hydrogen-bond donors (Lipinski definition) is 1. The average Bonchev–Trinajstić information content (AvgIpc) is 2.81. The molecule has 2 N–H and O–H groups in total. The molecule has 0 unspecified atom stereocenters. The lowest BCUT2D eigenvalue weighted by Gasteiger charge is -2.10. The molecule has 4 heteroatoms. The third kappa shape index (κ3) is 2.32. The van der Waals surface area contributed by atoms with Gasteiger partial charge in [-0.3, -0.25) is 0 Å². The van der Waals surface area contributed by atoms with Crippen molar-refractivity contribution in [2.75, 3.05) is 6.26 Å². The van der Waals surface area contributed by atoms with Crippen LogP contribution in [0.15, 0.2) is 11.2 Å². The van der Waals surface area contributed by atoms with E-state index < -0.39 is 0 Å². The van der Waals surface area contributed by atoms with Crippen molar-refractivity contribution >= 4 is 11.8 Å². The summed E-state index contributed by atoms with van der Waals surface area (Å²) in [6.07, 6.45) is 9.07. The maximum absolute atomic E-state index is 5.64. The van der Waals surface area contributed by atoms with Crippen LogP contribution in [0.4, 0.5) is 0 Å². The first-order valence-corrected chi connectivity index (χ1v) is 6.67. The maximum Gasteiger partial charge on any atom is 0.132 e. The Kier molecular flexibility index (Phi) is 3.59. The first-order chi connectivity index (χ1) is 7.35. The molecule has 0 saturated heterocycles. The van der Waals surface area contributed by atoms with E-state index in [1.807, 2.05) is 12.5 Å². The fourth-order valence-electron chi connectivity index (χ4n) is 2.10. The zero-order chi connectivity index (χ0) is 10.7. The molecular formula is C11H17N3S. The summed E-state index contributed by atoms with van der Waals surface area (Å²) in [7, 11) is 0. The third-order valence-corrected chi connectivity index (χ3v) is 3.72. The predicted octanol–water partition coefficient (Wildman–Crippen LogP) is 2.31. The van der Waals surface area contributed by atoms with Crippen LogP contribution in [0.3, 0.4) is 0 Å². The normalized spacial score (nSPS) is 17.2. The molecule has 82 valence electrons. The van der Waals surface area contributed by atoms with E-state index in [0.717, 1.165) is 16.4 Å². The minimum absolute atomic E-state index is 0.529. The van der Waals surface area contributed by atoms with E-state index in [4.69, 9.17) is 5.73 Å². The van der Waals surface area contributed by atoms with Crippen molar-refractivity contribution in [3.63, 3.8) is 0 Å². The summed E-state index contributed by atoms with van der Waals surface area (Å²) in [6.45, 7) is 0.529. The molecule has 1 aromatic heterocycles. The molecule has 0 amide bonds. The van der Waals surface area contributed by atoms with E-state index in [2.05, 4.69) is 9.97 Å². The van der Waals surface area contributed by atoms with Crippen molar-refractivity contribution in [1.82, 2.24) is 9.97 Å². The van der Waals surface area contributed by atoms with Gasteiger partial charge in [0, 0.05) is 24.2 Å².